The molecule has 1 saturated heterocycles. The number of rotatable bonds is 4. The van der Waals surface area contributed by atoms with Crippen molar-refractivity contribution < 1.29 is 18.4 Å². The van der Waals surface area contributed by atoms with Crippen molar-refractivity contribution in [1.29, 1.82) is 0 Å². The lowest BCUT2D eigenvalue weighted by Gasteiger charge is -2.16. The summed E-state index contributed by atoms with van der Waals surface area (Å²) >= 11 is 0. The van der Waals surface area contributed by atoms with Gasteiger partial charge in [-0.15, -0.1) is 0 Å². The van der Waals surface area contributed by atoms with Crippen LogP contribution in [0.3, 0.4) is 0 Å². The predicted molar refractivity (Wildman–Crippen MR) is 97.1 cm³/mol. The van der Waals surface area contributed by atoms with Crippen LogP contribution in [0.5, 0.6) is 5.75 Å². The second-order valence-electron chi connectivity index (χ2n) is 6.50. The number of amides is 1. The molecule has 0 aliphatic carbocycles. The minimum absolute atomic E-state index is 0.0908. The van der Waals surface area contributed by atoms with Crippen LogP contribution in [-0.2, 0) is 4.79 Å². The molecule has 0 N–H and O–H groups in total. The quantitative estimate of drug-likeness (QED) is 0.703. The number of carbonyl (C=O) groups is 1. The van der Waals surface area contributed by atoms with E-state index in [4.69, 9.17) is 9.26 Å². The fraction of sp³-hybridized carbons (Fsp3) is 0.250. The summed E-state index contributed by atoms with van der Waals surface area (Å²) in [5, 5.41) is 4.05. The summed E-state index contributed by atoms with van der Waals surface area (Å²) in [7, 11) is 1.57. The number of benzene rings is 2. The third-order valence-corrected chi connectivity index (χ3v) is 4.74. The molecule has 0 bridgehead atoms. The van der Waals surface area contributed by atoms with Crippen molar-refractivity contribution in [3.63, 3.8) is 0 Å². The van der Waals surface area contributed by atoms with Gasteiger partial charge in [0.25, 0.3) is 5.89 Å². The molecule has 0 saturated carbocycles. The Morgan fingerprint density at radius 1 is 1.26 bits per heavy atom. The van der Waals surface area contributed by atoms with Gasteiger partial charge in [-0.3, -0.25) is 4.79 Å². The maximum Gasteiger partial charge on any atom is 0.261 e. The SMILES string of the molecule is COc1ccccc1-c1nc(C2CC(=O)N(c3ccc(C)c(F)c3)C2)no1. The van der Waals surface area contributed by atoms with Crippen LogP contribution in [0.1, 0.15) is 23.7 Å². The second-order valence-corrected chi connectivity index (χ2v) is 6.50. The first-order valence-electron chi connectivity index (χ1n) is 8.60. The van der Waals surface area contributed by atoms with Gasteiger partial charge >= 0.3 is 0 Å². The second kappa shape index (κ2) is 6.83. The number of anilines is 1. The molecule has 7 heteroatoms. The van der Waals surface area contributed by atoms with E-state index in [1.165, 1.54) is 6.07 Å². The standard InChI is InChI=1S/C20H18FN3O3/c1-12-7-8-14(10-16(12)21)24-11-13(9-18(24)25)19-22-20(27-23-19)15-5-3-4-6-17(15)26-2/h3-8,10,13H,9,11H2,1-2H3. The Kier molecular flexibility index (Phi) is 4.35. The molecule has 4 rings (SSSR count). The highest BCUT2D eigenvalue weighted by Crippen LogP contribution is 2.33. The Balaban J connectivity index is 1.58. The van der Waals surface area contributed by atoms with Gasteiger partial charge in [0.05, 0.1) is 12.7 Å². The van der Waals surface area contributed by atoms with Crippen molar-refractivity contribution >= 4 is 11.6 Å². The van der Waals surface area contributed by atoms with E-state index < -0.39 is 0 Å². The third kappa shape index (κ3) is 3.16. The van der Waals surface area contributed by atoms with Gasteiger partial charge in [-0.05, 0) is 36.8 Å². The van der Waals surface area contributed by atoms with E-state index in [0.29, 0.717) is 40.8 Å². The summed E-state index contributed by atoms with van der Waals surface area (Å²) in [4.78, 5) is 18.4. The van der Waals surface area contributed by atoms with Crippen LogP contribution >= 0.6 is 0 Å². The number of hydrogen-bond donors (Lipinski definition) is 0. The summed E-state index contributed by atoms with van der Waals surface area (Å²) in [6, 6.07) is 12.1. The molecule has 0 spiro atoms. The molecule has 1 aliphatic rings. The number of ether oxygens (including phenoxy) is 1. The van der Waals surface area contributed by atoms with Crippen LogP contribution < -0.4 is 9.64 Å². The van der Waals surface area contributed by atoms with Gasteiger partial charge < -0.3 is 14.2 Å². The number of aryl methyl sites for hydroxylation is 1. The van der Waals surface area contributed by atoms with Gasteiger partial charge in [0.2, 0.25) is 5.91 Å². The molecule has 0 radical (unpaired) electrons. The molecule has 1 atom stereocenters. The molecule has 1 amide bonds. The maximum absolute atomic E-state index is 13.9. The number of nitrogens with zero attached hydrogens (tertiary/aromatic N) is 3. The van der Waals surface area contributed by atoms with Gasteiger partial charge in [0.1, 0.15) is 11.6 Å². The molecule has 27 heavy (non-hydrogen) atoms. The summed E-state index contributed by atoms with van der Waals surface area (Å²) < 4.78 is 24.6. The molecule has 1 aromatic heterocycles. The topological polar surface area (TPSA) is 68.5 Å². The average Bonchev–Trinajstić information content (AvgIpc) is 3.31. The van der Waals surface area contributed by atoms with Gasteiger partial charge in [-0.25, -0.2) is 4.39 Å². The van der Waals surface area contributed by atoms with E-state index in [0.717, 1.165) is 0 Å². The Hall–Kier alpha value is -3.22. The molecule has 1 unspecified atom stereocenters. The highest BCUT2D eigenvalue weighted by molar-refractivity contribution is 5.96. The zero-order chi connectivity index (χ0) is 19.0. The summed E-state index contributed by atoms with van der Waals surface area (Å²) in [5.74, 6) is 0.795. The minimum atomic E-state index is -0.332. The minimum Gasteiger partial charge on any atom is -0.496 e. The normalized spacial score (nSPS) is 16.8. The molecule has 2 aromatic carbocycles. The fourth-order valence-electron chi connectivity index (χ4n) is 3.21. The van der Waals surface area contributed by atoms with Crippen molar-refractivity contribution in [2.75, 3.05) is 18.6 Å². The van der Waals surface area contributed by atoms with Gasteiger partial charge in [0.15, 0.2) is 5.82 Å². The Morgan fingerprint density at radius 2 is 2.07 bits per heavy atom. The Morgan fingerprint density at radius 3 is 2.85 bits per heavy atom. The molecule has 2 heterocycles. The van der Waals surface area contributed by atoms with E-state index in [-0.39, 0.29) is 24.1 Å². The van der Waals surface area contributed by atoms with Crippen molar-refractivity contribution in [2.45, 2.75) is 19.3 Å². The summed E-state index contributed by atoms with van der Waals surface area (Å²) in [6.45, 7) is 2.07. The van der Waals surface area contributed by atoms with E-state index >= 15 is 0 Å². The number of halogens is 1. The summed E-state index contributed by atoms with van der Waals surface area (Å²) in [5.41, 5.74) is 1.78. The van der Waals surface area contributed by atoms with Crippen LogP contribution in [0.4, 0.5) is 10.1 Å². The van der Waals surface area contributed by atoms with E-state index in [2.05, 4.69) is 10.1 Å². The molecule has 138 valence electrons. The first kappa shape index (κ1) is 17.2. The first-order valence-corrected chi connectivity index (χ1v) is 8.60. The van der Waals surface area contributed by atoms with Gasteiger partial charge in [-0.2, -0.15) is 4.98 Å². The van der Waals surface area contributed by atoms with Crippen LogP contribution in [-0.4, -0.2) is 29.7 Å². The first-order chi connectivity index (χ1) is 13.1. The van der Waals surface area contributed by atoms with E-state index in [9.17, 15) is 9.18 Å². The molecule has 1 aliphatic heterocycles. The molecular formula is C20H18FN3O3. The fourth-order valence-corrected chi connectivity index (χ4v) is 3.21. The Labute approximate surface area is 155 Å². The lowest BCUT2D eigenvalue weighted by molar-refractivity contribution is -0.117. The van der Waals surface area contributed by atoms with Gasteiger partial charge in [0, 0.05) is 24.6 Å². The molecule has 6 nitrogen and oxygen atoms in total. The maximum atomic E-state index is 13.9. The lowest BCUT2D eigenvalue weighted by Crippen LogP contribution is -2.24. The van der Waals surface area contributed by atoms with Crippen molar-refractivity contribution in [3.8, 4) is 17.2 Å². The lowest BCUT2D eigenvalue weighted by atomic mass is 10.1. The number of hydrogen-bond acceptors (Lipinski definition) is 5. The molecule has 1 fully saturated rings. The third-order valence-electron chi connectivity index (χ3n) is 4.74. The highest BCUT2D eigenvalue weighted by Gasteiger charge is 2.35. The van der Waals surface area contributed by atoms with Crippen molar-refractivity contribution in [1.82, 2.24) is 10.1 Å². The van der Waals surface area contributed by atoms with Crippen LogP contribution in [0.25, 0.3) is 11.5 Å². The number of carbonyl (C=O) groups excluding carboxylic acids is 1. The molecular weight excluding hydrogens is 349 g/mol. The predicted octanol–water partition coefficient (Wildman–Crippen LogP) is 3.71. The number of para-hydroxylation sites is 1. The van der Waals surface area contributed by atoms with Gasteiger partial charge in [-0.1, -0.05) is 23.4 Å². The zero-order valence-corrected chi connectivity index (χ0v) is 15.0. The smallest absolute Gasteiger partial charge is 0.261 e. The average molecular weight is 367 g/mol. The summed E-state index contributed by atoms with van der Waals surface area (Å²) in [6.07, 6.45) is 0.250. The number of methoxy groups -OCH3 is 1. The van der Waals surface area contributed by atoms with Crippen LogP contribution in [0, 0.1) is 12.7 Å². The van der Waals surface area contributed by atoms with Crippen molar-refractivity contribution in [2.24, 2.45) is 0 Å². The van der Waals surface area contributed by atoms with Crippen LogP contribution in [0.15, 0.2) is 47.0 Å². The molecule has 3 aromatic rings. The van der Waals surface area contributed by atoms with E-state index in [1.54, 1.807) is 31.1 Å². The monoisotopic (exact) mass is 367 g/mol. The Bertz CT molecular complexity index is 1000. The van der Waals surface area contributed by atoms with E-state index in [1.807, 2.05) is 24.3 Å². The largest absolute Gasteiger partial charge is 0.496 e. The zero-order valence-electron chi connectivity index (χ0n) is 15.0. The highest BCUT2D eigenvalue weighted by atomic mass is 19.1. The number of aromatic nitrogens is 2. The van der Waals surface area contributed by atoms with Crippen LogP contribution in [0.2, 0.25) is 0 Å². The van der Waals surface area contributed by atoms with Crippen molar-refractivity contribution in [3.05, 3.63) is 59.7 Å².